The maximum absolute atomic E-state index is 11.6. The van der Waals surface area contributed by atoms with Crippen LogP contribution >= 0.6 is 0 Å². The first-order valence-corrected chi connectivity index (χ1v) is 4.23. The zero-order valence-electron chi connectivity index (χ0n) is 7.97. The number of nitrogens with two attached hydrogens (primary N) is 1. The van der Waals surface area contributed by atoms with Gasteiger partial charge in [0.15, 0.2) is 11.3 Å². The monoisotopic (exact) mass is 204 g/mol. The third kappa shape index (κ3) is 1.35. The van der Waals surface area contributed by atoms with Crippen LogP contribution < -0.4 is 11.3 Å². The van der Waals surface area contributed by atoms with E-state index < -0.39 is 11.5 Å². The summed E-state index contributed by atoms with van der Waals surface area (Å²) >= 11 is 0. The van der Waals surface area contributed by atoms with Gasteiger partial charge in [-0.15, -0.1) is 0 Å². The van der Waals surface area contributed by atoms with Gasteiger partial charge in [0.1, 0.15) is 0 Å². The molecule has 0 spiro atoms. The highest BCUT2D eigenvalue weighted by atomic mass is 16.2. The van der Waals surface area contributed by atoms with Gasteiger partial charge in [-0.25, -0.2) is 9.97 Å². The lowest BCUT2D eigenvalue weighted by atomic mass is 10.3. The number of pyridine rings is 1. The van der Waals surface area contributed by atoms with E-state index in [9.17, 15) is 9.59 Å². The van der Waals surface area contributed by atoms with Crippen LogP contribution in [-0.4, -0.2) is 20.4 Å². The Labute approximate surface area is 84.4 Å². The second-order valence-corrected chi connectivity index (χ2v) is 3.03. The number of aromatic nitrogens is 3. The minimum Gasteiger partial charge on any atom is -0.364 e. The number of carbonyl (C=O) groups excluding carboxylic acids is 1. The number of primary amides is 1. The zero-order chi connectivity index (χ0) is 11.0. The molecule has 1 amide bonds. The molecule has 2 heterocycles. The fourth-order valence-corrected chi connectivity index (χ4v) is 1.32. The van der Waals surface area contributed by atoms with E-state index in [4.69, 9.17) is 5.73 Å². The number of hydrogen-bond donors (Lipinski definition) is 1. The molecule has 0 unspecified atom stereocenters. The molecular weight excluding hydrogens is 196 g/mol. The van der Waals surface area contributed by atoms with E-state index >= 15 is 0 Å². The van der Waals surface area contributed by atoms with Gasteiger partial charge in [0, 0.05) is 13.2 Å². The van der Waals surface area contributed by atoms with Gasteiger partial charge in [0.25, 0.3) is 11.5 Å². The van der Waals surface area contributed by atoms with Gasteiger partial charge in [0.05, 0.1) is 5.52 Å². The molecule has 0 aromatic carbocycles. The molecular formula is C9H8N4O2. The summed E-state index contributed by atoms with van der Waals surface area (Å²) in [5, 5.41) is 0. The van der Waals surface area contributed by atoms with Crippen molar-refractivity contribution in [3.63, 3.8) is 0 Å². The average Bonchev–Trinajstić information content (AvgIpc) is 2.23. The van der Waals surface area contributed by atoms with Crippen molar-refractivity contribution in [2.75, 3.05) is 0 Å². The molecule has 0 saturated carbocycles. The SMILES string of the molecule is Cn1c(=O)c(C(N)=O)nc2ncccc21. The van der Waals surface area contributed by atoms with Crippen molar-refractivity contribution in [2.24, 2.45) is 12.8 Å². The van der Waals surface area contributed by atoms with Crippen LogP contribution in [0.5, 0.6) is 0 Å². The Balaban J connectivity index is 2.95. The second-order valence-electron chi connectivity index (χ2n) is 3.03. The van der Waals surface area contributed by atoms with Crippen LogP contribution in [0.3, 0.4) is 0 Å². The molecule has 0 aliphatic heterocycles. The summed E-state index contributed by atoms with van der Waals surface area (Å²) in [6.45, 7) is 0. The van der Waals surface area contributed by atoms with Crippen LogP contribution in [0.4, 0.5) is 0 Å². The molecule has 0 saturated heterocycles. The lowest BCUT2D eigenvalue weighted by Gasteiger charge is -2.04. The van der Waals surface area contributed by atoms with E-state index in [1.807, 2.05) is 0 Å². The first-order chi connectivity index (χ1) is 7.11. The van der Waals surface area contributed by atoms with E-state index in [-0.39, 0.29) is 5.69 Å². The number of carbonyl (C=O) groups is 1. The maximum Gasteiger partial charge on any atom is 0.282 e. The molecule has 2 aromatic heterocycles. The molecule has 0 fully saturated rings. The van der Waals surface area contributed by atoms with Gasteiger partial charge in [0.2, 0.25) is 0 Å². The van der Waals surface area contributed by atoms with E-state index in [1.165, 1.54) is 10.8 Å². The number of rotatable bonds is 1. The first-order valence-electron chi connectivity index (χ1n) is 4.23. The third-order valence-corrected chi connectivity index (χ3v) is 2.09. The Morgan fingerprint density at radius 1 is 1.53 bits per heavy atom. The van der Waals surface area contributed by atoms with Crippen LogP contribution in [0.25, 0.3) is 11.2 Å². The molecule has 15 heavy (non-hydrogen) atoms. The quantitative estimate of drug-likeness (QED) is 0.673. The number of nitrogens with zero attached hydrogens (tertiary/aromatic N) is 3. The third-order valence-electron chi connectivity index (χ3n) is 2.09. The zero-order valence-corrected chi connectivity index (χ0v) is 7.97. The van der Waals surface area contributed by atoms with Crippen LogP contribution in [0.2, 0.25) is 0 Å². The van der Waals surface area contributed by atoms with Crippen molar-refractivity contribution in [1.82, 2.24) is 14.5 Å². The van der Waals surface area contributed by atoms with Gasteiger partial charge < -0.3 is 10.3 Å². The number of hydrogen-bond acceptors (Lipinski definition) is 4. The minimum absolute atomic E-state index is 0.288. The summed E-state index contributed by atoms with van der Waals surface area (Å²) in [5.74, 6) is -0.844. The predicted octanol–water partition coefficient (Wildman–Crippen LogP) is -0.573. The Morgan fingerprint density at radius 2 is 2.27 bits per heavy atom. The van der Waals surface area contributed by atoms with Crippen molar-refractivity contribution in [3.05, 3.63) is 34.4 Å². The van der Waals surface area contributed by atoms with Crippen molar-refractivity contribution in [3.8, 4) is 0 Å². The summed E-state index contributed by atoms with van der Waals surface area (Å²) in [7, 11) is 1.54. The summed E-state index contributed by atoms with van der Waals surface area (Å²) in [5.41, 5.74) is 5.12. The highest BCUT2D eigenvalue weighted by Crippen LogP contribution is 2.04. The molecule has 2 N–H and O–H groups in total. The summed E-state index contributed by atoms with van der Waals surface area (Å²) in [4.78, 5) is 30.3. The molecule has 2 rings (SSSR count). The minimum atomic E-state index is -0.844. The lowest BCUT2D eigenvalue weighted by Crippen LogP contribution is -2.30. The lowest BCUT2D eigenvalue weighted by molar-refractivity contribution is 0.0994. The van der Waals surface area contributed by atoms with E-state index in [1.54, 1.807) is 19.2 Å². The average molecular weight is 204 g/mol. The molecule has 76 valence electrons. The molecule has 2 aromatic rings. The number of aryl methyl sites for hydroxylation is 1. The fraction of sp³-hybridized carbons (Fsp3) is 0.111. The van der Waals surface area contributed by atoms with E-state index in [2.05, 4.69) is 9.97 Å². The number of amides is 1. The topological polar surface area (TPSA) is 90.9 Å². The standard InChI is InChI=1S/C9H8N4O2/c1-13-5-3-2-4-11-8(5)12-6(7(10)14)9(13)15/h2-4H,1H3,(H2,10,14). The molecule has 6 nitrogen and oxygen atoms in total. The molecule has 0 aliphatic rings. The molecule has 0 bridgehead atoms. The molecule has 0 atom stereocenters. The van der Waals surface area contributed by atoms with Gasteiger partial charge in [-0.3, -0.25) is 9.59 Å². The molecule has 0 radical (unpaired) electrons. The maximum atomic E-state index is 11.6. The normalized spacial score (nSPS) is 10.5. The summed E-state index contributed by atoms with van der Waals surface area (Å²) in [6, 6.07) is 3.38. The first kappa shape index (κ1) is 9.32. The Morgan fingerprint density at radius 3 is 2.93 bits per heavy atom. The number of fused-ring (bicyclic) bond motifs is 1. The highest BCUT2D eigenvalue weighted by molar-refractivity contribution is 5.91. The van der Waals surface area contributed by atoms with Gasteiger partial charge in [-0.2, -0.15) is 0 Å². The van der Waals surface area contributed by atoms with Crippen LogP contribution in [-0.2, 0) is 7.05 Å². The smallest absolute Gasteiger partial charge is 0.282 e. The van der Waals surface area contributed by atoms with Crippen molar-refractivity contribution in [2.45, 2.75) is 0 Å². The van der Waals surface area contributed by atoms with Crippen LogP contribution in [0.1, 0.15) is 10.5 Å². The van der Waals surface area contributed by atoms with Gasteiger partial charge in [-0.1, -0.05) is 0 Å². The second kappa shape index (κ2) is 3.16. The van der Waals surface area contributed by atoms with Gasteiger partial charge >= 0.3 is 0 Å². The Bertz CT molecular complexity index is 603. The Kier molecular flexibility index (Phi) is 1.96. The molecule has 0 aliphatic carbocycles. The van der Waals surface area contributed by atoms with E-state index in [0.29, 0.717) is 11.2 Å². The van der Waals surface area contributed by atoms with E-state index in [0.717, 1.165) is 0 Å². The fourth-order valence-electron chi connectivity index (χ4n) is 1.32. The van der Waals surface area contributed by atoms with Crippen LogP contribution in [0.15, 0.2) is 23.1 Å². The largest absolute Gasteiger partial charge is 0.364 e. The van der Waals surface area contributed by atoms with Crippen molar-refractivity contribution in [1.29, 1.82) is 0 Å². The highest BCUT2D eigenvalue weighted by Gasteiger charge is 2.12. The van der Waals surface area contributed by atoms with Crippen LogP contribution in [0, 0.1) is 0 Å². The molecule has 6 heteroatoms. The van der Waals surface area contributed by atoms with Gasteiger partial charge in [-0.05, 0) is 12.1 Å². The van der Waals surface area contributed by atoms with Crippen molar-refractivity contribution < 1.29 is 4.79 Å². The Hall–Kier alpha value is -2.24. The summed E-state index contributed by atoms with van der Waals surface area (Å²) < 4.78 is 1.30. The van der Waals surface area contributed by atoms with Crippen molar-refractivity contribution >= 4 is 17.1 Å². The summed E-state index contributed by atoms with van der Waals surface area (Å²) in [6.07, 6.45) is 1.53. The predicted molar refractivity (Wildman–Crippen MR) is 53.3 cm³/mol.